The molecule has 1 N–H and O–H groups in total. The maximum atomic E-state index is 12.2. The molecule has 1 aromatic carbocycles. The second kappa shape index (κ2) is 7.92. The number of nitrogens with zero attached hydrogens (tertiary/aromatic N) is 4. The van der Waals surface area contributed by atoms with Crippen LogP contribution in [0.25, 0.3) is 11.4 Å². The van der Waals surface area contributed by atoms with E-state index < -0.39 is 5.60 Å². The number of hydrogen-bond acceptors (Lipinski definition) is 6. The van der Waals surface area contributed by atoms with Gasteiger partial charge in [-0.15, -0.1) is 0 Å². The molecule has 1 saturated heterocycles. The molecule has 2 heterocycles. The molecule has 144 valence electrons. The highest BCUT2D eigenvalue weighted by Crippen LogP contribution is 2.20. The molecule has 0 radical (unpaired) electrons. The van der Waals surface area contributed by atoms with E-state index in [0.29, 0.717) is 32.0 Å². The minimum atomic E-state index is -0.481. The Balaban J connectivity index is 1.61. The lowest BCUT2D eigenvalue weighted by Gasteiger charge is -2.36. The molecule has 1 aromatic heterocycles. The van der Waals surface area contributed by atoms with E-state index in [0.717, 1.165) is 16.8 Å². The van der Waals surface area contributed by atoms with E-state index >= 15 is 0 Å². The van der Waals surface area contributed by atoms with Gasteiger partial charge in [0.25, 0.3) is 0 Å². The van der Waals surface area contributed by atoms with Crippen LogP contribution in [-0.2, 0) is 11.3 Å². The van der Waals surface area contributed by atoms with Crippen LogP contribution in [0.15, 0.2) is 36.7 Å². The van der Waals surface area contributed by atoms with Crippen molar-refractivity contribution in [3.8, 4) is 11.4 Å². The molecule has 0 bridgehead atoms. The number of hydrogen-bond donors (Lipinski definition) is 1. The molecule has 1 aliphatic heterocycles. The first kappa shape index (κ1) is 19.1. The monoisotopic (exact) mass is 370 g/mol. The Morgan fingerprint density at radius 1 is 1.15 bits per heavy atom. The minimum absolute atomic E-state index is 0.00610. The predicted molar refractivity (Wildman–Crippen MR) is 103 cm³/mol. The van der Waals surface area contributed by atoms with Crippen molar-refractivity contribution in [3.05, 3.63) is 42.2 Å². The highest BCUT2D eigenvalue weighted by atomic mass is 16.6. The van der Waals surface area contributed by atoms with E-state index in [1.807, 2.05) is 45.0 Å². The van der Waals surface area contributed by atoms with Crippen LogP contribution in [0.4, 0.5) is 10.5 Å². The molecule has 7 heteroatoms. The molecule has 1 fully saturated rings. The summed E-state index contributed by atoms with van der Waals surface area (Å²) in [5, 5.41) is 9.26. The van der Waals surface area contributed by atoms with E-state index in [1.54, 1.807) is 17.3 Å². The van der Waals surface area contributed by atoms with Gasteiger partial charge in [-0.2, -0.15) is 0 Å². The molecular formula is C20H26N4O3. The Labute approximate surface area is 159 Å². The zero-order valence-electron chi connectivity index (χ0n) is 16.1. The van der Waals surface area contributed by atoms with Gasteiger partial charge < -0.3 is 19.6 Å². The lowest BCUT2D eigenvalue weighted by atomic mass is 10.1. The molecule has 27 heavy (non-hydrogen) atoms. The molecule has 2 aromatic rings. The number of anilines is 1. The summed E-state index contributed by atoms with van der Waals surface area (Å²) in [6, 6.07) is 7.55. The van der Waals surface area contributed by atoms with Crippen LogP contribution < -0.4 is 4.90 Å². The molecule has 0 aliphatic carbocycles. The van der Waals surface area contributed by atoms with Crippen LogP contribution in [0.3, 0.4) is 0 Å². The smallest absolute Gasteiger partial charge is 0.410 e. The number of carbonyl (C=O) groups is 1. The first-order valence-corrected chi connectivity index (χ1v) is 9.11. The zero-order chi connectivity index (χ0) is 19.4. The first-order chi connectivity index (χ1) is 12.9. The van der Waals surface area contributed by atoms with Gasteiger partial charge in [-0.05, 0) is 32.4 Å². The second-order valence-electron chi connectivity index (χ2n) is 7.58. The fraction of sp³-hybridized carbons (Fsp3) is 0.450. The van der Waals surface area contributed by atoms with Crippen molar-refractivity contribution in [2.45, 2.75) is 33.0 Å². The van der Waals surface area contributed by atoms with Crippen LogP contribution in [0.2, 0.25) is 0 Å². The summed E-state index contributed by atoms with van der Waals surface area (Å²) in [6.45, 7) is 8.24. The van der Waals surface area contributed by atoms with Gasteiger partial charge in [0.05, 0.1) is 24.7 Å². The normalized spacial score (nSPS) is 15.0. The molecule has 1 aliphatic rings. The van der Waals surface area contributed by atoms with E-state index in [9.17, 15) is 9.90 Å². The topological polar surface area (TPSA) is 78.8 Å². The average Bonchev–Trinajstić information content (AvgIpc) is 2.67. The number of carbonyl (C=O) groups excluding carboxylic acids is 1. The molecule has 1 amide bonds. The quantitative estimate of drug-likeness (QED) is 0.895. The van der Waals surface area contributed by atoms with E-state index in [4.69, 9.17) is 4.74 Å². The van der Waals surface area contributed by atoms with Gasteiger partial charge in [-0.3, -0.25) is 0 Å². The van der Waals surface area contributed by atoms with Gasteiger partial charge in [0.15, 0.2) is 5.82 Å². The summed E-state index contributed by atoms with van der Waals surface area (Å²) in [7, 11) is 0. The molecular weight excluding hydrogens is 344 g/mol. The van der Waals surface area contributed by atoms with Gasteiger partial charge in [-0.1, -0.05) is 18.2 Å². The van der Waals surface area contributed by atoms with Crippen molar-refractivity contribution in [3.63, 3.8) is 0 Å². The Hall–Kier alpha value is -2.67. The Kier molecular flexibility index (Phi) is 5.60. The number of rotatable bonds is 3. The number of aromatic nitrogens is 2. The summed E-state index contributed by atoms with van der Waals surface area (Å²) in [6.07, 6.45) is 3.34. The molecule has 0 saturated carbocycles. The third-order valence-corrected chi connectivity index (χ3v) is 4.30. The third kappa shape index (κ3) is 4.95. The number of benzene rings is 1. The first-order valence-electron chi connectivity index (χ1n) is 9.11. The van der Waals surface area contributed by atoms with E-state index in [-0.39, 0.29) is 12.7 Å². The average molecular weight is 370 g/mol. The van der Waals surface area contributed by atoms with Gasteiger partial charge in [0, 0.05) is 31.7 Å². The maximum absolute atomic E-state index is 12.2. The van der Waals surface area contributed by atoms with Crippen LogP contribution >= 0.6 is 0 Å². The molecule has 0 unspecified atom stereocenters. The Morgan fingerprint density at radius 2 is 1.81 bits per heavy atom. The Bertz CT molecular complexity index is 779. The number of aliphatic hydroxyl groups excluding tert-OH is 1. The summed E-state index contributed by atoms with van der Waals surface area (Å²) in [4.78, 5) is 25.0. The van der Waals surface area contributed by atoms with Crippen molar-refractivity contribution in [1.82, 2.24) is 14.9 Å². The lowest BCUT2D eigenvalue weighted by Crippen LogP contribution is -2.50. The number of amides is 1. The lowest BCUT2D eigenvalue weighted by molar-refractivity contribution is 0.0240. The van der Waals surface area contributed by atoms with E-state index in [2.05, 4.69) is 14.9 Å². The second-order valence-corrected chi connectivity index (χ2v) is 7.58. The highest BCUT2D eigenvalue weighted by molar-refractivity contribution is 5.68. The van der Waals surface area contributed by atoms with Gasteiger partial charge in [-0.25, -0.2) is 14.8 Å². The van der Waals surface area contributed by atoms with Crippen molar-refractivity contribution < 1.29 is 14.6 Å². The van der Waals surface area contributed by atoms with Crippen molar-refractivity contribution in [1.29, 1.82) is 0 Å². The van der Waals surface area contributed by atoms with Crippen molar-refractivity contribution >= 4 is 11.8 Å². The summed E-state index contributed by atoms with van der Waals surface area (Å²) in [5.41, 5.74) is 2.16. The number of piperazine rings is 1. The predicted octanol–water partition coefficient (Wildman–Crippen LogP) is 2.69. The number of aliphatic hydroxyl groups is 1. The van der Waals surface area contributed by atoms with Crippen molar-refractivity contribution in [2.24, 2.45) is 0 Å². The highest BCUT2D eigenvalue weighted by Gasteiger charge is 2.26. The summed E-state index contributed by atoms with van der Waals surface area (Å²) < 4.78 is 5.43. The summed E-state index contributed by atoms with van der Waals surface area (Å²) in [5.74, 6) is 0.626. The van der Waals surface area contributed by atoms with Crippen LogP contribution in [-0.4, -0.2) is 57.8 Å². The fourth-order valence-electron chi connectivity index (χ4n) is 2.92. The standard InChI is InChI=1S/C20H26N4O3/c1-20(2,3)27-19(26)24-9-7-23(8-10-24)17-12-21-18(22-13-17)16-6-4-5-15(11-16)14-25/h4-6,11-13,25H,7-10,14H2,1-3H3. The van der Waals surface area contributed by atoms with Crippen LogP contribution in [0, 0.1) is 0 Å². The summed E-state index contributed by atoms with van der Waals surface area (Å²) >= 11 is 0. The molecule has 3 rings (SSSR count). The zero-order valence-corrected chi connectivity index (χ0v) is 16.1. The SMILES string of the molecule is CC(C)(C)OC(=O)N1CCN(c2cnc(-c3cccc(CO)c3)nc2)CC1. The number of ether oxygens (including phenoxy) is 1. The largest absolute Gasteiger partial charge is 0.444 e. The molecule has 7 nitrogen and oxygen atoms in total. The van der Waals surface area contributed by atoms with Gasteiger partial charge in [0.2, 0.25) is 0 Å². The van der Waals surface area contributed by atoms with Crippen molar-refractivity contribution in [2.75, 3.05) is 31.1 Å². The molecule has 0 atom stereocenters. The van der Waals surface area contributed by atoms with Crippen LogP contribution in [0.5, 0.6) is 0 Å². The maximum Gasteiger partial charge on any atom is 0.410 e. The van der Waals surface area contributed by atoms with Gasteiger partial charge >= 0.3 is 6.09 Å². The Morgan fingerprint density at radius 3 is 2.41 bits per heavy atom. The van der Waals surface area contributed by atoms with Gasteiger partial charge in [0.1, 0.15) is 5.60 Å². The van der Waals surface area contributed by atoms with Crippen LogP contribution in [0.1, 0.15) is 26.3 Å². The fourth-order valence-corrected chi connectivity index (χ4v) is 2.92. The minimum Gasteiger partial charge on any atom is -0.444 e. The van der Waals surface area contributed by atoms with E-state index in [1.165, 1.54) is 0 Å². The third-order valence-electron chi connectivity index (χ3n) is 4.30. The molecule has 0 spiro atoms.